The number of hydrogen-bond donors (Lipinski definition) is 2. The average molecular weight is 354 g/mol. The third kappa shape index (κ3) is 7.64. The standard InChI is InChI=1S/C18H31N3O2S/c1-15(13-17-5-3-12-24-17)14-21-18(19-2)20-8-4-9-23-16-6-10-22-11-7-16/h3,5,12,15-16H,4,6-11,13-14H2,1-2H3,(H2,19,20,21). The van der Waals surface area contributed by atoms with Gasteiger partial charge < -0.3 is 20.1 Å². The molecule has 1 aliphatic heterocycles. The lowest BCUT2D eigenvalue weighted by Crippen LogP contribution is -2.40. The molecule has 0 aliphatic carbocycles. The molecule has 1 atom stereocenters. The van der Waals surface area contributed by atoms with Gasteiger partial charge in [-0.3, -0.25) is 4.99 Å². The quantitative estimate of drug-likeness (QED) is 0.407. The fraction of sp³-hybridized carbons (Fsp3) is 0.722. The van der Waals surface area contributed by atoms with Gasteiger partial charge in [-0.15, -0.1) is 11.3 Å². The number of ether oxygens (including phenoxy) is 2. The van der Waals surface area contributed by atoms with Gasteiger partial charge in [0, 0.05) is 44.8 Å². The third-order valence-electron chi connectivity index (χ3n) is 4.11. The van der Waals surface area contributed by atoms with E-state index in [4.69, 9.17) is 9.47 Å². The van der Waals surface area contributed by atoms with Crippen LogP contribution in [-0.4, -0.2) is 52.0 Å². The van der Waals surface area contributed by atoms with Crippen molar-refractivity contribution in [2.75, 3.05) is 40.0 Å². The Labute approximate surface area is 149 Å². The first-order chi connectivity index (χ1) is 11.8. The van der Waals surface area contributed by atoms with E-state index in [-0.39, 0.29) is 0 Å². The van der Waals surface area contributed by atoms with E-state index in [2.05, 4.69) is 40.1 Å². The molecule has 2 heterocycles. The van der Waals surface area contributed by atoms with Crippen molar-refractivity contribution in [1.82, 2.24) is 10.6 Å². The Kier molecular flexibility index (Phi) is 9.16. The zero-order valence-electron chi connectivity index (χ0n) is 14.9. The van der Waals surface area contributed by atoms with Crippen LogP contribution in [0.25, 0.3) is 0 Å². The summed E-state index contributed by atoms with van der Waals surface area (Å²) >= 11 is 1.83. The molecule has 1 aromatic heterocycles. The second kappa shape index (κ2) is 11.4. The molecule has 24 heavy (non-hydrogen) atoms. The lowest BCUT2D eigenvalue weighted by atomic mass is 10.1. The lowest BCUT2D eigenvalue weighted by molar-refractivity contribution is -0.0320. The highest BCUT2D eigenvalue weighted by Crippen LogP contribution is 2.13. The summed E-state index contributed by atoms with van der Waals surface area (Å²) in [6.45, 7) is 6.54. The normalized spacial score (nSPS) is 17.7. The van der Waals surface area contributed by atoms with Gasteiger partial charge in [0.05, 0.1) is 6.10 Å². The molecular formula is C18H31N3O2S. The number of nitrogens with zero attached hydrogens (tertiary/aromatic N) is 1. The number of nitrogens with one attached hydrogen (secondary N) is 2. The van der Waals surface area contributed by atoms with Crippen LogP contribution < -0.4 is 10.6 Å². The third-order valence-corrected chi connectivity index (χ3v) is 5.01. The highest BCUT2D eigenvalue weighted by molar-refractivity contribution is 7.09. The van der Waals surface area contributed by atoms with Crippen molar-refractivity contribution in [3.05, 3.63) is 22.4 Å². The van der Waals surface area contributed by atoms with Crippen LogP contribution in [0.15, 0.2) is 22.5 Å². The van der Waals surface area contributed by atoms with E-state index in [1.165, 1.54) is 4.88 Å². The van der Waals surface area contributed by atoms with Crippen LogP contribution in [0.5, 0.6) is 0 Å². The summed E-state index contributed by atoms with van der Waals surface area (Å²) in [6.07, 6.45) is 4.54. The number of guanidine groups is 1. The molecule has 0 aromatic carbocycles. The van der Waals surface area contributed by atoms with Crippen LogP contribution >= 0.6 is 11.3 Å². The fourth-order valence-corrected chi connectivity index (χ4v) is 3.58. The molecule has 0 bridgehead atoms. The molecule has 1 saturated heterocycles. The van der Waals surface area contributed by atoms with Crippen molar-refractivity contribution in [3.8, 4) is 0 Å². The first kappa shape index (κ1) is 19.2. The van der Waals surface area contributed by atoms with E-state index in [1.807, 2.05) is 18.4 Å². The first-order valence-electron chi connectivity index (χ1n) is 8.94. The highest BCUT2D eigenvalue weighted by Gasteiger charge is 2.13. The molecule has 1 fully saturated rings. The van der Waals surface area contributed by atoms with Gasteiger partial charge in [0.1, 0.15) is 0 Å². The predicted octanol–water partition coefficient (Wildman–Crippen LogP) is 2.68. The van der Waals surface area contributed by atoms with Crippen molar-refractivity contribution >= 4 is 17.3 Å². The summed E-state index contributed by atoms with van der Waals surface area (Å²) in [7, 11) is 1.82. The van der Waals surface area contributed by atoms with Crippen LogP contribution in [0, 0.1) is 5.92 Å². The Balaban J connectivity index is 1.52. The van der Waals surface area contributed by atoms with Gasteiger partial charge >= 0.3 is 0 Å². The largest absolute Gasteiger partial charge is 0.381 e. The van der Waals surface area contributed by atoms with Crippen LogP contribution in [0.2, 0.25) is 0 Å². The number of hydrogen-bond acceptors (Lipinski definition) is 4. The van der Waals surface area contributed by atoms with Gasteiger partial charge in [0.2, 0.25) is 0 Å². The van der Waals surface area contributed by atoms with Crippen molar-refractivity contribution in [2.24, 2.45) is 10.9 Å². The van der Waals surface area contributed by atoms with Crippen molar-refractivity contribution in [1.29, 1.82) is 0 Å². The molecule has 1 aliphatic rings. The molecule has 6 heteroatoms. The van der Waals surface area contributed by atoms with E-state index in [9.17, 15) is 0 Å². The van der Waals surface area contributed by atoms with Crippen molar-refractivity contribution in [3.63, 3.8) is 0 Å². The van der Waals surface area contributed by atoms with Gasteiger partial charge in [0.25, 0.3) is 0 Å². The Morgan fingerprint density at radius 2 is 2.25 bits per heavy atom. The molecule has 0 radical (unpaired) electrons. The maximum atomic E-state index is 5.88. The zero-order chi connectivity index (χ0) is 17.0. The summed E-state index contributed by atoms with van der Waals surface area (Å²) in [5.41, 5.74) is 0. The summed E-state index contributed by atoms with van der Waals surface area (Å²) in [4.78, 5) is 5.73. The van der Waals surface area contributed by atoms with Crippen molar-refractivity contribution in [2.45, 2.75) is 38.7 Å². The molecule has 1 unspecified atom stereocenters. The minimum absolute atomic E-state index is 0.384. The summed E-state index contributed by atoms with van der Waals surface area (Å²) in [5, 5.41) is 8.90. The zero-order valence-corrected chi connectivity index (χ0v) is 15.7. The van der Waals surface area contributed by atoms with Crippen LogP contribution in [0.4, 0.5) is 0 Å². The minimum Gasteiger partial charge on any atom is -0.381 e. The molecule has 2 rings (SSSR count). The van der Waals surface area contributed by atoms with Gasteiger partial charge in [-0.2, -0.15) is 0 Å². The van der Waals surface area contributed by atoms with Gasteiger partial charge in [-0.05, 0) is 43.0 Å². The Bertz CT molecular complexity index is 459. The van der Waals surface area contributed by atoms with E-state index >= 15 is 0 Å². The van der Waals surface area contributed by atoms with E-state index in [1.54, 1.807) is 0 Å². The maximum absolute atomic E-state index is 5.88. The Hall–Kier alpha value is -1.11. The van der Waals surface area contributed by atoms with Gasteiger partial charge in [-0.25, -0.2) is 0 Å². The van der Waals surface area contributed by atoms with Gasteiger partial charge in [0.15, 0.2) is 5.96 Å². The Morgan fingerprint density at radius 3 is 2.96 bits per heavy atom. The molecule has 2 N–H and O–H groups in total. The average Bonchev–Trinajstić information content (AvgIpc) is 3.11. The molecule has 0 spiro atoms. The molecule has 5 nitrogen and oxygen atoms in total. The summed E-state index contributed by atoms with van der Waals surface area (Å²) in [5.74, 6) is 1.46. The summed E-state index contributed by atoms with van der Waals surface area (Å²) in [6, 6.07) is 4.32. The minimum atomic E-state index is 0.384. The lowest BCUT2D eigenvalue weighted by Gasteiger charge is -2.22. The van der Waals surface area contributed by atoms with Gasteiger partial charge in [-0.1, -0.05) is 13.0 Å². The van der Waals surface area contributed by atoms with Crippen LogP contribution in [0.3, 0.4) is 0 Å². The highest BCUT2D eigenvalue weighted by atomic mass is 32.1. The monoisotopic (exact) mass is 353 g/mol. The smallest absolute Gasteiger partial charge is 0.190 e. The Morgan fingerprint density at radius 1 is 1.42 bits per heavy atom. The molecular weight excluding hydrogens is 322 g/mol. The molecule has 0 amide bonds. The molecule has 0 saturated carbocycles. The van der Waals surface area contributed by atoms with E-state index < -0.39 is 0 Å². The second-order valence-corrected chi connectivity index (χ2v) is 7.34. The topological polar surface area (TPSA) is 54.9 Å². The fourth-order valence-electron chi connectivity index (χ4n) is 2.71. The second-order valence-electron chi connectivity index (χ2n) is 6.30. The molecule has 1 aromatic rings. The van der Waals surface area contributed by atoms with Crippen LogP contribution in [-0.2, 0) is 15.9 Å². The maximum Gasteiger partial charge on any atom is 0.190 e. The number of rotatable bonds is 9. The predicted molar refractivity (Wildman–Crippen MR) is 101 cm³/mol. The number of thiophene rings is 1. The first-order valence-corrected chi connectivity index (χ1v) is 9.82. The number of aliphatic imine (C=N–C) groups is 1. The SMILES string of the molecule is CN=C(NCCCOC1CCOCC1)NCC(C)Cc1cccs1. The van der Waals surface area contributed by atoms with E-state index in [0.29, 0.717) is 12.0 Å². The van der Waals surface area contributed by atoms with Crippen LogP contribution in [0.1, 0.15) is 31.1 Å². The molecule has 136 valence electrons. The van der Waals surface area contributed by atoms with E-state index in [0.717, 1.165) is 64.6 Å². The van der Waals surface area contributed by atoms with Crippen molar-refractivity contribution < 1.29 is 9.47 Å². The summed E-state index contributed by atoms with van der Waals surface area (Å²) < 4.78 is 11.2.